The number of benzene rings is 1. The second-order valence-corrected chi connectivity index (χ2v) is 6.42. The molecule has 1 N–H and O–H groups in total. The Labute approximate surface area is 130 Å². The predicted molar refractivity (Wildman–Crippen MR) is 87.0 cm³/mol. The van der Waals surface area contributed by atoms with Crippen molar-refractivity contribution in [3.63, 3.8) is 0 Å². The van der Waals surface area contributed by atoms with E-state index >= 15 is 0 Å². The normalized spacial score (nSPS) is 18.4. The van der Waals surface area contributed by atoms with E-state index in [-0.39, 0.29) is 0 Å². The summed E-state index contributed by atoms with van der Waals surface area (Å²) in [5.74, 6) is 0. The molecular formula is C16H25BrN2O. The molecule has 0 aromatic heterocycles. The van der Waals surface area contributed by atoms with E-state index in [1.807, 2.05) is 7.05 Å². The molecule has 1 aliphatic heterocycles. The molecule has 0 spiro atoms. The molecule has 20 heavy (non-hydrogen) atoms. The van der Waals surface area contributed by atoms with Crippen LogP contribution in [0.5, 0.6) is 0 Å². The van der Waals surface area contributed by atoms with Crippen LogP contribution in [0.4, 0.5) is 0 Å². The van der Waals surface area contributed by atoms with Gasteiger partial charge in [-0.1, -0.05) is 28.1 Å². The van der Waals surface area contributed by atoms with Crippen LogP contribution in [0.25, 0.3) is 0 Å². The van der Waals surface area contributed by atoms with Gasteiger partial charge in [0.25, 0.3) is 0 Å². The Balaban J connectivity index is 1.85. The Kier molecular flexibility index (Phi) is 6.49. The second kappa shape index (κ2) is 8.13. The van der Waals surface area contributed by atoms with Crippen LogP contribution < -0.4 is 5.32 Å². The maximum Gasteiger partial charge on any atom is 0.0480 e. The maximum atomic E-state index is 5.43. The fourth-order valence-electron chi connectivity index (χ4n) is 2.81. The molecule has 4 heteroatoms. The van der Waals surface area contributed by atoms with E-state index in [9.17, 15) is 0 Å². The topological polar surface area (TPSA) is 24.5 Å². The fraction of sp³-hybridized carbons (Fsp3) is 0.625. The molecule has 1 aliphatic rings. The van der Waals surface area contributed by atoms with Crippen molar-refractivity contribution in [2.75, 3.05) is 33.9 Å². The summed E-state index contributed by atoms with van der Waals surface area (Å²) in [5, 5.41) is 3.43. The Morgan fingerprint density at radius 3 is 2.55 bits per heavy atom. The molecule has 1 saturated heterocycles. The summed E-state index contributed by atoms with van der Waals surface area (Å²) in [5.41, 5.74) is 1.36. The molecular weight excluding hydrogens is 316 g/mol. The van der Waals surface area contributed by atoms with Crippen LogP contribution in [0.3, 0.4) is 0 Å². The average molecular weight is 341 g/mol. The lowest BCUT2D eigenvalue weighted by Crippen LogP contribution is -2.38. The van der Waals surface area contributed by atoms with Crippen molar-refractivity contribution in [2.45, 2.75) is 31.3 Å². The van der Waals surface area contributed by atoms with Crippen molar-refractivity contribution in [3.8, 4) is 0 Å². The first kappa shape index (κ1) is 16.0. The largest absolute Gasteiger partial charge is 0.381 e. The van der Waals surface area contributed by atoms with Gasteiger partial charge in [-0.15, -0.1) is 0 Å². The third-order valence-electron chi connectivity index (χ3n) is 4.21. The molecule has 0 aliphatic carbocycles. The monoisotopic (exact) mass is 340 g/mol. The molecule has 1 unspecified atom stereocenters. The summed E-state index contributed by atoms with van der Waals surface area (Å²) in [7, 11) is 4.28. The number of halogens is 1. The zero-order chi connectivity index (χ0) is 14.4. The third kappa shape index (κ3) is 4.55. The van der Waals surface area contributed by atoms with Gasteiger partial charge in [0.15, 0.2) is 0 Å². The van der Waals surface area contributed by atoms with Crippen molar-refractivity contribution < 1.29 is 4.74 Å². The zero-order valence-corrected chi connectivity index (χ0v) is 14.0. The lowest BCUT2D eigenvalue weighted by molar-refractivity contribution is 0.0420. The first-order valence-corrected chi connectivity index (χ1v) is 8.20. The second-order valence-electron chi connectivity index (χ2n) is 5.51. The quantitative estimate of drug-likeness (QED) is 0.860. The molecule has 1 aromatic rings. The Morgan fingerprint density at radius 2 is 1.95 bits per heavy atom. The Morgan fingerprint density at radius 1 is 1.30 bits per heavy atom. The summed E-state index contributed by atoms with van der Waals surface area (Å²) in [6.07, 6.45) is 3.46. The molecule has 112 valence electrons. The highest BCUT2D eigenvalue weighted by Gasteiger charge is 2.19. The van der Waals surface area contributed by atoms with Crippen LogP contribution >= 0.6 is 15.9 Å². The van der Waals surface area contributed by atoms with Crippen molar-refractivity contribution in [2.24, 2.45) is 0 Å². The average Bonchev–Trinajstić information content (AvgIpc) is 2.50. The van der Waals surface area contributed by atoms with Crippen LogP contribution in [-0.2, 0) is 4.74 Å². The fourth-order valence-corrected chi connectivity index (χ4v) is 3.08. The molecule has 2 rings (SSSR count). The van der Waals surface area contributed by atoms with Gasteiger partial charge in [-0.05, 0) is 57.6 Å². The van der Waals surface area contributed by atoms with E-state index in [1.54, 1.807) is 0 Å². The van der Waals surface area contributed by atoms with E-state index in [1.165, 1.54) is 18.4 Å². The van der Waals surface area contributed by atoms with Gasteiger partial charge in [0.05, 0.1) is 0 Å². The Bertz CT molecular complexity index is 390. The summed E-state index contributed by atoms with van der Waals surface area (Å²) in [6.45, 7) is 2.95. The number of nitrogens with zero attached hydrogens (tertiary/aromatic N) is 1. The van der Waals surface area contributed by atoms with Gasteiger partial charge >= 0.3 is 0 Å². The highest BCUT2D eigenvalue weighted by molar-refractivity contribution is 9.10. The van der Waals surface area contributed by atoms with Crippen LogP contribution in [0.15, 0.2) is 28.7 Å². The van der Waals surface area contributed by atoms with E-state index in [2.05, 4.69) is 57.5 Å². The number of nitrogens with one attached hydrogen (secondary N) is 1. The standard InChI is InChI=1S/C16H25BrN2O/c1-18-16(13-3-5-14(17)6-4-13)7-10-19(2)15-8-11-20-12-9-15/h3-6,15-16,18H,7-12H2,1-2H3. The van der Waals surface area contributed by atoms with Gasteiger partial charge in [0.2, 0.25) is 0 Å². The summed E-state index contributed by atoms with van der Waals surface area (Å²) in [6, 6.07) is 9.72. The minimum Gasteiger partial charge on any atom is -0.381 e. The smallest absolute Gasteiger partial charge is 0.0480 e. The molecule has 0 bridgehead atoms. The molecule has 1 atom stereocenters. The molecule has 1 heterocycles. The van der Waals surface area contributed by atoms with E-state index in [4.69, 9.17) is 4.74 Å². The molecule has 3 nitrogen and oxygen atoms in total. The van der Waals surface area contributed by atoms with Crippen LogP contribution in [0, 0.1) is 0 Å². The Hall–Kier alpha value is -0.420. The highest BCUT2D eigenvalue weighted by Crippen LogP contribution is 2.21. The van der Waals surface area contributed by atoms with Gasteiger partial charge in [-0.2, -0.15) is 0 Å². The summed E-state index contributed by atoms with van der Waals surface area (Å²) in [4.78, 5) is 2.49. The minimum absolute atomic E-state index is 0.422. The molecule has 0 radical (unpaired) electrons. The number of hydrogen-bond acceptors (Lipinski definition) is 3. The highest BCUT2D eigenvalue weighted by atomic mass is 79.9. The van der Waals surface area contributed by atoms with Gasteiger partial charge < -0.3 is 15.0 Å². The van der Waals surface area contributed by atoms with Crippen LogP contribution in [0.1, 0.15) is 30.9 Å². The third-order valence-corrected chi connectivity index (χ3v) is 4.73. The SMILES string of the molecule is CNC(CCN(C)C1CCOCC1)c1ccc(Br)cc1. The molecule has 1 fully saturated rings. The van der Waals surface area contributed by atoms with Crippen molar-refractivity contribution >= 4 is 15.9 Å². The van der Waals surface area contributed by atoms with Crippen molar-refractivity contribution in [1.82, 2.24) is 10.2 Å². The predicted octanol–water partition coefficient (Wildman–Crippen LogP) is 3.21. The zero-order valence-electron chi connectivity index (χ0n) is 12.4. The van der Waals surface area contributed by atoms with Crippen LogP contribution in [0.2, 0.25) is 0 Å². The van der Waals surface area contributed by atoms with Gasteiger partial charge in [-0.25, -0.2) is 0 Å². The number of rotatable bonds is 6. The summed E-state index contributed by atoms with van der Waals surface area (Å²) >= 11 is 3.49. The number of hydrogen-bond donors (Lipinski definition) is 1. The summed E-state index contributed by atoms with van der Waals surface area (Å²) < 4.78 is 6.57. The van der Waals surface area contributed by atoms with Crippen molar-refractivity contribution in [3.05, 3.63) is 34.3 Å². The van der Waals surface area contributed by atoms with E-state index in [0.29, 0.717) is 12.1 Å². The maximum absolute atomic E-state index is 5.43. The van der Waals surface area contributed by atoms with Crippen LogP contribution in [-0.4, -0.2) is 44.8 Å². The van der Waals surface area contributed by atoms with Gasteiger partial charge in [0, 0.05) is 29.8 Å². The molecule has 1 aromatic carbocycles. The first-order valence-electron chi connectivity index (χ1n) is 7.41. The van der Waals surface area contributed by atoms with E-state index in [0.717, 1.165) is 30.7 Å². The van der Waals surface area contributed by atoms with E-state index < -0.39 is 0 Å². The van der Waals surface area contributed by atoms with Crippen molar-refractivity contribution in [1.29, 1.82) is 0 Å². The molecule has 0 amide bonds. The van der Waals surface area contributed by atoms with Gasteiger partial charge in [-0.3, -0.25) is 0 Å². The lowest BCUT2D eigenvalue weighted by atomic mass is 10.0. The lowest BCUT2D eigenvalue weighted by Gasteiger charge is -2.32. The minimum atomic E-state index is 0.422. The van der Waals surface area contributed by atoms with Gasteiger partial charge in [0.1, 0.15) is 0 Å². The number of ether oxygens (including phenoxy) is 1. The molecule has 0 saturated carbocycles. The first-order chi connectivity index (χ1) is 9.70.